The van der Waals surface area contributed by atoms with E-state index in [1.165, 1.54) is 18.2 Å². The van der Waals surface area contributed by atoms with Crippen LogP contribution in [0.25, 0.3) is 0 Å². The maximum atomic E-state index is 12.9. The topological polar surface area (TPSA) is 35.2 Å². The van der Waals surface area contributed by atoms with Gasteiger partial charge in [0.15, 0.2) is 0 Å². The summed E-state index contributed by atoms with van der Waals surface area (Å²) in [5, 5.41) is 0.220. The van der Waals surface area contributed by atoms with Gasteiger partial charge in [0.2, 0.25) is 0 Å². The van der Waals surface area contributed by atoms with E-state index in [0.29, 0.717) is 16.5 Å². The number of thiocarbonyl (C=S) groups is 1. The van der Waals surface area contributed by atoms with Crippen molar-refractivity contribution < 1.29 is 9.13 Å². The van der Waals surface area contributed by atoms with Gasteiger partial charge in [-0.3, -0.25) is 0 Å². The minimum atomic E-state index is -0.405. The van der Waals surface area contributed by atoms with Gasteiger partial charge in [0.05, 0.1) is 5.02 Å². The summed E-state index contributed by atoms with van der Waals surface area (Å²) in [6, 6.07) is 9.33. The van der Waals surface area contributed by atoms with Crippen LogP contribution in [0.15, 0.2) is 36.4 Å². The molecule has 0 atom stereocenters. The predicted molar refractivity (Wildman–Crippen MR) is 78.6 cm³/mol. The first kappa shape index (κ1) is 13.8. The second-order valence-electron chi connectivity index (χ2n) is 4.02. The zero-order chi connectivity index (χ0) is 14.0. The van der Waals surface area contributed by atoms with Gasteiger partial charge in [0.25, 0.3) is 0 Å². The molecule has 0 aromatic heterocycles. The highest BCUT2D eigenvalue weighted by Crippen LogP contribution is 2.31. The summed E-state index contributed by atoms with van der Waals surface area (Å²) < 4.78 is 18.6. The number of benzene rings is 2. The molecule has 0 heterocycles. The molecule has 0 unspecified atom stereocenters. The number of rotatable bonds is 3. The minimum absolute atomic E-state index is 0.220. The van der Waals surface area contributed by atoms with E-state index < -0.39 is 5.82 Å². The number of aryl methyl sites for hydroxylation is 1. The van der Waals surface area contributed by atoms with Gasteiger partial charge in [-0.1, -0.05) is 23.8 Å². The molecule has 5 heteroatoms. The third kappa shape index (κ3) is 3.22. The Bertz CT molecular complexity index is 645. The summed E-state index contributed by atoms with van der Waals surface area (Å²) in [4.78, 5) is 0.328. The Labute approximate surface area is 120 Å². The molecule has 98 valence electrons. The molecule has 0 radical (unpaired) electrons. The summed E-state index contributed by atoms with van der Waals surface area (Å²) in [6.07, 6.45) is 0. The first-order chi connectivity index (χ1) is 8.97. The van der Waals surface area contributed by atoms with Gasteiger partial charge in [0.1, 0.15) is 22.3 Å². The normalized spacial score (nSPS) is 10.3. The van der Waals surface area contributed by atoms with Crippen molar-refractivity contribution in [1.29, 1.82) is 0 Å². The van der Waals surface area contributed by atoms with Crippen LogP contribution in [-0.4, -0.2) is 4.99 Å². The third-order valence-corrected chi connectivity index (χ3v) is 3.10. The van der Waals surface area contributed by atoms with Crippen LogP contribution in [0.3, 0.4) is 0 Å². The molecule has 0 bridgehead atoms. The molecule has 2 nitrogen and oxygen atoms in total. The average molecular weight is 296 g/mol. The predicted octanol–water partition coefficient (Wildman–Crippen LogP) is 4.21. The maximum absolute atomic E-state index is 12.9. The molecule has 0 aliphatic rings. The van der Waals surface area contributed by atoms with Gasteiger partial charge >= 0.3 is 0 Å². The highest BCUT2D eigenvalue weighted by Gasteiger charge is 2.08. The molecule has 0 aliphatic carbocycles. The van der Waals surface area contributed by atoms with Gasteiger partial charge in [-0.25, -0.2) is 4.39 Å². The van der Waals surface area contributed by atoms with Gasteiger partial charge in [-0.15, -0.1) is 0 Å². The summed E-state index contributed by atoms with van der Waals surface area (Å²) in [6.45, 7) is 1.87. The van der Waals surface area contributed by atoms with E-state index in [9.17, 15) is 4.39 Å². The highest BCUT2D eigenvalue weighted by molar-refractivity contribution is 7.80. The van der Waals surface area contributed by atoms with Crippen molar-refractivity contribution in [1.82, 2.24) is 0 Å². The molecule has 0 amide bonds. The molecular weight excluding hydrogens is 285 g/mol. The molecule has 0 saturated carbocycles. The molecule has 0 spiro atoms. The standard InChI is InChI=1S/C14H11ClFNOS/c1-8-6-9(14(17)19)2-4-12(8)18-13-5-3-10(16)7-11(13)15/h2-7H,1H3,(H2,17,19). The van der Waals surface area contributed by atoms with E-state index in [-0.39, 0.29) is 5.02 Å². The van der Waals surface area contributed by atoms with Crippen LogP contribution in [0.4, 0.5) is 4.39 Å². The van der Waals surface area contributed by atoms with E-state index >= 15 is 0 Å². The third-order valence-electron chi connectivity index (χ3n) is 2.57. The summed E-state index contributed by atoms with van der Waals surface area (Å²) in [5.74, 6) is 0.612. The number of nitrogens with two attached hydrogens (primary N) is 1. The molecule has 0 fully saturated rings. The van der Waals surface area contributed by atoms with E-state index in [1.807, 2.05) is 13.0 Å². The fraction of sp³-hybridized carbons (Fsp3) is 0.0714. The zero-order valence-corrected chi connectivity index (χ0v) is 11.7. The van der Waals surface area contributed by atoms with Crippen LogP contribution in [-0.2, 0) is 0 Å². The SMILES string of the molecule is Cc1cc(C(N)=S)ccc1Oc1ccc(F)cc1Cl. The lowest BCUT2D eigenvalue weighted by Crippen LogP contribution is -2.09. The van der Waals surface area contributed by atoms with Crippen molar-refractivity contribution in [2.75, 3.05) is 0 Å². The summed E-state index contributed by atoms with van der Waals surface area (Å²) in [5.41, 5.74) is 7.19. The van der Waals surface area contributed by atoms with Gasteiger partial charge < -0.3 is 10.5 Å². The second-order valence-corrected chi connectivity index (χ2v) is 4.87. The van der Waals surface area contributed by atoms with Crippen LogP contribution < -0.4 is 10.5 Å². The minimum Gasteiger partial charge on any atom is -0.456 e. The van der Waals surface area contributed by atoms with Crippen molar-refractivity contribution in [3.63, 3.8) is 0 Å². The lowest BCUT2D eigenvalue weighted by molar-refractivity contribution is 0.477. The van der Waals surface area contributed by atoms with Gasteiger partial charge in [0, 0.05) is 5.56 Å². The Hall–Kier alpha value is -1.65. The zero-order valence-electron chi connectivity index (χ0n) is 10.1. The highest BCUT2D eigenvalue weighted by atomic mass is 35.5. The molecule has 0 saturated heterocycles. The molecule has 19 heavy (non-hydrogen) atoms. The maximum Gasteiger partial charge on any atom is 0.146 e. The largest absolute Gasteiger partial charge is 0.456 e. The van der Waals surface area contributed by atoms with Crippen LogP contribution in [0.5, 0.6) is 11.5 Å². The van der Waals surface area contributed by atoms with Gasteiger partial charge in [-0.05, 0) is 48.9 Å². The monoisotopic (exact) mass is 295 g/mol. The van der Waals surface area contributed by atoms with Crippen LogP contribution >= 0.6 is 23.8 Å². The Morgan fingerprint density at radius 3 is 2.47 bits per heavy atom. The summed E-state index contributed by atoms with van der Waals surface area (Å²) in [7, 11) is 0. The molecular formula is C14H11ClFNOS. The number of ether oxygens (including phenoxy) is 1. The van der Waals surface area contributed by atoms with Crippen molar-refractivity contribution in [3.05, 3.63) is 58.4 Å². The molecule has 2 aromatic rings. The Morgan fingerprint density at radius 2 is 1.89 bits per heavy atom. The molecule has 2 N–H and O–H groups in total. The van der Waals surface area contributed by atoms with E-state index in [4.69, 9.17) is 34.3 Å². The van der Waals surface area contributed by atoms with E-state index in [1.54, 1.807) is 12.1 Å². The molecule has 2 aromatic carbocycles. The van der Waals surface area contributed by atoms with Crippen LogP contribution in [0.1, 0.15) is 11.1 Å². The second kappa shape index (κ2) is 5.55. The Kier molecular flexibility index (Phi) is 4.02. The Morgan fingerprint density at radius 1 is 1.21 bits per heavy atom. The lowest BCUT2D eigenvalue weighted by atomic mass is 10.1. The van der Waals surface area contributed by atoms with Crippen LogP contribution in [0.2, 0.25) is 5.02 Å². The van der Waals surface area contributed by atoms with Gasteiger partial charge in [-0.2, -0.15) is 0 Å². The molecule has 2 rings (SSSR count). The van der Waals surface area contributed by atoms with Crippen molar-refractivity contribution in [2.24, 2.45) is 5.73 Å². The average Bonchev–Trinajstić information content (AvgIpc) is 2.34. The first-order valence-electron chi connectivity index (χ1n) is 5.51. The van der Waals surface area contributed by atoms with Crippen molar-refractivity contribution in [3.8, 4) is 11.5 Å². The van der Waals surface area contributed by atoms with E-state index in [2.05, 4.69) is 0 Å². The lowest BCUT2D eigenvalue weighted by Gasteiger charge is -2.11. The first-order valence-corrected chi connectivity index (χ1v) is 6.29. The molecule has 0 aliphatic heterocycles. The Balaban J connectivity index is 2.31. The van der Waals surface area contributed by atoms with Crippen LogP contribution in [0, 0.1) is 12.7 Å². The number of hydrogen-bond acceptors (Lipinski definition) is 2. The number of halogens is 2. The smallest absolute Gasteiger partial charge is 0.146 e. The number of hydrogen-bond donors (Lipinski definition) is 1. The van der Waals surface area contributed by atoms with Crippen molar-refractivity contribution in [2.45, 2.75) is 6.92 Å². The fourth-order valence-electron chi connectivity index (χ4n) is 1.59. The fourth-order valence-corrected chi connectivity index (χ4v) is 1.93. The summed E-state index contributed by atoms with van der Waals surface area (Å²) >= 11 is 10.8. The van der Waals surface area contributed by atoms with E-state index in [0.717, 1.165) is 11.1 Å². The quantitative estimate of drug-likeness (QED) is 0.861. The van der Waals surface area contributed by atoms with Crippen molar-refractivity contribution >= 4 is 28.8 Å².